The Kier molecular flexibility index (Phi) is 3.16. The zero-order valence-corrected chi connectivity index (χ0v) is 13.4. The van der Waals surface area contributed by atoms with E-state index in [-0.39, 0.29) is 0 Å². The summed E-state index contributed by atoms with van der Waals surface area (Å²) in [6.07, 6.45) is 4.87. The molecule has 1 aromatic carbocycles. The highest BCUT2D eigenvalue weighted by atomic mass is 32.1. The molecule has 0 saturated carbocycles. The second-order valence-electron chi connectivity index (χ2n) is 5.57. The maximum absolute atomic E-state index is 4.69. The van der Waals surface area contributed by atoms with Crippen LogP contribution in [0.1, 0.15) is 18.1 Å². The van der Waals surface area contributed by atoms with Crippen molar-refractivity contribution >= 4 is 32.3 Å². The third-order valence-corrected chi connectivity index (χ3v) is 4.97. The third kappa shape index (κ3) is 2.09. The van der Waals surface area contributed by atoms with Crippen molar-refractivity contribution in [2.24, 2.45) is 0 Å². The molecular weight excluding hydrogens is 288 g/mol. The van der Waals surface area contributed by atoms with Crippen molar-refractivity contribution in [2.45, 2.75) is 20.3 Å². The fraction of sp³-hybridized carbons (Fsp3) is 0.158. The molecule has 0 bridgehead atoms. The van der Waals surface area contributed by atoms with E-state index in [0.717, 1.165) is 17.6 Å². The number of aromatic nitrogens is 2. The minimum absolute atomic E-state index is 1.02. The van der Waals surface area contributed by atoms with Crippen LogP contribution in [0.15, 0.2) is 48.1 Å². The molecule has 2 nitrogen and oxygen atoms in total. The molecule has 0 fully saturated rings. The summed E-state index contributed by atoms with van der Waals surface area (Å²) in [5.41, 5.74) is 5.77. The quantitative estimate of drug-likeness (QED) is 0.496. The van der Waals surface area contributed by atoms with E-state index >= 15 is 0 Å². The first-order valence-electron chi connectivity index (χ1n) is 7.48. The summed E-state index contributed by atoms with van der Waals surface area (Å²) in [6.45, 7) is 4.26. The normalized spacial score (nSPS) is 11.4. The van der Waals surface area contributed by atoms with Gasteiger partial charge in [-0.25, -0.2) is 0 Å². The molecule has 22 heavy (non-hydrogen) atoms. The van der Waals surface area contributed by atoms with E-state index in [9.17, 15) is 0 Å². The third-order valence-electron chi connectivity index (χ3n) is 4.03. The van der Waals surface area contributed by atoms with Crippen molar-refractivity contribution in [2.75, 3.05) is 0 Å². The molecule has 3 heteroatoms. The molecule has 0 radical (unpaired) electrons. The Morgan fingerprint density at radius 2 is 2.00 bits per heavy atom. The highest BCUT2D eigenvalue weighted by molar-refractivity contribution is 7.18. The molecule has 4 rings (SSSR count). The Balaban J connectivity index is 2.11. The van der Waals surface area contributed by atoms with Crippen LogP contribution in [0.25, 0.3) is 32.2 Å². The lowest BCUT2D eigenvalue weighted by Crippen LogP contribution is -1.90. The zero-order chi connectivity index (χ0) is 15.1. The molecule has 0 spiro atoms. The summed E-state index contributed by atoms with van der Waals surface area (Å²) in [4.78, 5) is 9.30. The lowest BCUT2D eigenvalue weighted by Gasteiger charge is -2.09. The van der Waals surface area contributed by atoms with Crippen LogP contribution in [0, 0.1) is 6.92 Å². The van der Waals surface area contributed by atoms with Crippen LogP contribution in [-0.2, 0) is 6.42 Å². The summed E-state index contributed by atoms with van der Waals surface area (Å²) in [6, 6.07) is 10.9. The topological polar surface area (TPSA) is 25.8 Å². The molecule has 0 unspecified atom stereocenters. The first-order valence-corrected chi connectivity index (χ1v) is 8.36. The predicted octanol–water partition coefficient (Wildman–Crippen LogP) is 5.38. The van der Waals surface area contributed by atoms with Crippen LogP contribution >= 0.6 is 11.3 Å². The maximum atomic E-state index is 4.69. The van der Waals surface area contributed by atoms with Gasteiger partial charge in [0.2, 0.25) is 0 Å². The minimum Gasteiger partial charge on any atom is -0.256 e. The first kappa shape index (κ1) is 13.4. The lowest BCUT2D eigenvalue weighted by molar-refractivity contribution is 1.12. The minimum atomic E-state index is 1.02. The van der Waals surface area contributed by atoms with E-state index in [4.69, 9.17) is 4.98 Å². The van der Waals surface area contributed by atoms with Gasteiger partial charge in [0.25, 0.3) is 0 Å². The van der Waals surface area contributed by atoms with Crippen molar-refractivity contribution in [3.05, 3.63) is 59.2 Å². The molecule has 4 aromatic rings. The number of fused-ring (bicyclic) bond motifs is 3. The van der Waals surface area contributed by atoms with Crippen LogP contribution in [0.4, 0.5) is 0 Å². The van der Waals surface area contributed by atoms with Gasteiger partial charge in [-0.15, -0.1) is 11.3 Å². The number of aryl methyl sites for hydroxylation is 2. The van der Waals surface area contributed by atoms with Gasteiger partial charge in [0.1, 0.15) is 0 Å². The number of nitrogens with zero attached hydrogens (tertiary/aromatic N) is 2. The van der Waals surface area contributed by atoms with E-state index in [2.05, 4.69) is 54.5 Å². The predicted molar refractivity (Wildman–Crippen MR) is 94.5 cm³/mol. The monoisotopic (exact) mass is 304 g/mol. The molecule has 0 saturated heterocycles. The second kappa shape index (κ2) is 5.18. The fourth-order valence-corrected chi connectivity index (χ4v) is 3.76. The summed E-state index contributed by atoms with van der Waals surface area (Å²) >= 11 is 1.75. The van der Waals surface area contributed by atoms with Crippen LogP contribution in [0.2, 0.25) is 0 Å². The smallest absolute Gasteiger partial charge is 0.0887 e. The highest BCUT2D eigenvalue weighted by Gasteiger charge is 2.12. The van der Waals surface area contributed by atoms with Crippen LogP contribution in [0.5, 0.6) is 0 Å². The number of benzene rings is 1. The molecule has 0 aliphatic heterocycles. The SMILES string of the molecule is CCc1ccnc(-c2cc3ccsc3c3ncc(C)cc23)c1. The fourth-order valence-electron chi connectivity index (χ4n) is 2.87. The van der Waals surface area contributed by atoms with Gasteiger partial charge in [-0.1, -0.05) is 6.92 Å². The van der Waals surface area contributed by atoms with E-state index in [0.29, 0.717) is 0 Å². The van der Waals surface area contributed by atoms with E-state index in [1.54, 1.807) is 11.3 Å². The highest BCUT2D eigenvalue weighted by Crippen LogP contribution is 2.36. The van der Waals surface area contributed by atoms with E-state index < -0.39 is 0 Å². The standard InChI is InChI=1S/C19H16N2S/c1-3-13-4-6-20-17(9-13)15-10-14-5-7-22-19(14)18-16(15)8-12(2)11-21-18/h4-11H,3H2,1-2H3. The van der Waals surface area contributed by atoms with Gasteiger partial charge in [0, 0.05) is 23.3 Å². The number of thiophene rings is 1. The summed E-state index contributed by atoms with van der Waals surface area (Å²) in [5.74, 6) is 0. The van der Waals surface area contributed by atoms with Gasteiger partial charge in [-0.3, -0.25) is 9.97 Å². The van der Waals surface area contributed by atoms with Gasteiger partial charge in [0.15, 0.2) is 0 Å². The summed E-state index contributed by atoms with van der Waals surface area (Å²) < 4.78 is 1.25. The average molecular weight is 304 g/mol. The van der Waals surface area contributed by atoms with Crippen LogP contribution < -0.4 is 0 Å². The Morgan fingerprint density at radius 1 is 1.09 bits per heavy atom. The number of rotatable bonds is 2. The van der Waals surface area contributed by atoms with Gasteiger partial charge in [0.05, 0.1) is 15.9 Å². The van der Waals surface area contributed by atoms with Crippen molar-refractivity contribution in [3.63, 3.8) is 0 Å². The van der Waals surface area contributed by atoms with Gasteiger partial charge < -0.3 is 0 Å². The average Bonchev–Trinajstić information content (AvgIpc) is 3.02. The molecule has 0 aliphatic carbocycles. The van der Waals surface area contributed by atoms with Crippen LogP contribution in [-0.4, -0.2) is 9.97 Å². The summed E-state index contributed by atoms with van der Waals surface area (Å²) in [5, 5.41) is 4.56. The Bertz CT molecular complexity index is 985. The van der Waals surface area contributed by atoms with Gasteiger partial charge in [-0.2, -0.15) is 0 Å². The van der Waals surface area contributed by atoms with E-state index in [1.807, 2.05) is 12.4 Å². The number of hydrogen-bond donors (Lipinski definition) is 0. The molecule has 3 heterocycles. The Hall–Kier alpha value is -2.26. The second-order valence-corrected chi connectivity index (χ2v) is 6.49. The lowest BCUT2D eigenvalue weighted by atomic mass is 10.0. The molecule has 3 aromatic heterocycles. The zero-order valence-electron chi connectivity index (χ0n) is 12.6. The first-order chi connectivity index (χ1) is 10.8. The van der Waals surface area contributed by atoms with Crippen molar-refractivity contribution in [1.82, 2.24) is 9.97 Å². The van der Waals surface area contributed by atoms with Crippen molar-refractivity contribution in [1.29, 1.82) is 0 Å². The Morgan fingerprint density at radius 3 is 2.86 bits per heavy atom. The largest absolute Gasteiger partial charge is 0.256 e. The molecule has 108 valence electrons. The van der Waals surface area contributed by atoms with Gasteiger partial charge in [-0.05, 0) is 65.6 Å². The Labute approximate surface area is 133 Å². The van der Waals surface area contributed by atoms with Crippen molar-refractivity contribution in [3.8, 4) is 11.3 Å². The van der Waals surface area contributed by atoms with Gasteiger partial charge >= 0.3 is 0 Å². The molecular formula is C19H16N2S. The number of hydrogen-bond acceptors (Lipinski definition) is 3. The van der Waals surface area contributed by atoms with Crippen molar-refractivity contribution < 1.29 is 0 Å². The summed E-state index contributed by atoms with van der Waals surface area (Å²) in [7, 11) is 0. The molecule has 0 amide bonds. The van der Waals surface area contributed by atoms with Crippen LogP contribution in [0.3, 0.4) is 0 Å². The molecule has 0 N–H and O–H groups in total. The number of pyridine rings is 2. The maximum Gasteiger partial charge on any atom is 0.0887 e. The van der Waals surface area contributed by atoms with E-state index in [1.165, 1.54) is 32.2 Å². The molecule has 0 atom stereocenters. The molecule has 0 aliphatic rings.